The molecule has 20 heavy (non-hydrogen) atoms. The van der Waals surface area contributed by atoms with E-state index in [2.05, 4.69) is 43.1 Å². The van der Waals surface area contributed by atoms with Crippen LogP contribution in [0.3, 0.4) is 0 Å². The molecule has 0 aromatic heterocycles. The molecule has 3 nitrogen and oxygen atoms in total. The second-order valence-corrected chi connectivity index (χ2v) is 6.51. The molecule has 1 heterocycles. The summed E-state index contributed by atoms with van der Waals surface area (Å²) in [5, 5.41) is 14.2. The fourth-order valence-corrected chi connectivity index (χ4v) is 2.83. The molecule has 1 aliphatic rings. The minimum absolute atomic E-state index is 0.262. The van der Waals surface area contributed by atoms with E-state index in [0.717, 1.165) is 30.2 Å². The fraction of sp³-hybridized carbons (Fsp3) is 0.625. The first kappa shape index (κ1) is 15.6. The molecule has 0 saturated carbocycles. The van der Waals surface area contributed by atoms with Crippen molar-refractivity contribution in [2.45, 2.75) is 45.9 Å². The zero-order valence-electron chi connectivity index (χ0n) is 12.6. The predicted molar refractivity (Wildman–Crippen MR) is 85.4 cm³/mol. The number of hydrogen-bond donors (Lipinski definition) is 2. The number of β-amino-alcohol motifs (C(OH)–C–C–N with tert-alkyl or cyclic N) is 1. The van der Waals surface area contributed by atoms with Gasteiger partial charge in [-0.15, -0.1) is 0 Å². The van der Waals surface area contributed by atoms with Crippen LogP contribution in [0.2, 0.25) is 5.02 Å². The minimum atomic E-state index is -0.262. The Bertz CT molecular complexity index is 450. The Morgan fingerprint density at radius 1 is 1.45 bits per heavy atom. The Morgan fingerprint density at radius 3 is 2.80 bits per heavy atom. The molecule has 2 unspecified atom stereocenters. The molecule has 0 spiro atoms. The van der Waals surface area contributed by atoms with Crippen molar-refractivity contribution in [3.63, 3.8) is 0 Å². The molecular formula is C16H25ClN2O. The van der Waals surface area contributed by atoms with Crippen molar-refractivity contribution in [2.24, 2.45) is 5.92 Å². The molecule has 1 aromatic rings. The van der Waals surface area contributed by atoms with Gasteiger partial charge in [0.25, 0.3) is 0 Å². The van der Waals surface area contributed by atoms with Gasteiger partial charge in [0.05, 0.1) is 16.8 Å². The smallest absolute Gasteiger partial charge is 0.0741 e. The number of aliphatic hydroxyl groups is 1. The lowest BCUT2D eigenvalue weighted by Gasteiger charge is -2.36. The molecule has 0 aliphatic carbocycles. The number of piperidine rings is 1. The van der Waals surface area contributed by atoms with Gasteiger partial charge in [0, 0.05) is 25.7 Å². The predicted octanol–water partition coefficient (Wildman–Crippen LogP) is 3.05. The number of nitrogens with zero attached hydrogens (tertiary/aromatic N) is 1. The van der Waals surface area contributed by atoms with Gasteiger partial charge in [-0.2, -0.15) is 0 Å². The number of hydrogen-bond acceptors (Lipinski definition) is 3. The number of aliphatic hydroxyl groups excluding tert-OH is 1. The molecule has 1 saturated heterocycles. The highest BCUT2D eigenvalue weighted by Gasteiger charge is 2.25. The minimum Gasteiger partial charge on any atom is -0.391 e. The summed E-state index contributed by atoms with van der Waals surface area (Å²) in [6, 6.07) is 6.67. The summed E-state index contributed by atoms with van der Waals surface area (Å²) >= 11 is 6.41. The molecule has 1 aliphatic heterocycles. The first-order valence-electron chi connectivity index (χ1n) is 7.42. The molecule has 112 valence electrons. The largest absolute Gasteiger partial charge is 0.391 e. The van der Waals surface area contributed by atoms with Crippen LogP contribution in [0.15, 0.2) is 18.2 Å². The van der Waals surface area contributed by atoms with Gasteiger partial charge in [0.15, 0.2) is 0 Å². The van der Waals surface area contributed by atoms with Crippen LogP contribution in [0, 0.1) is 5.92 Å². The quantitative estimate of drug-likeness (QED) is 0.896. The average molecular weight is 297 g/mol. The number of rotatable bonds is 4. The van der Waals surface area contributed by atoms with E-state index in [1.807, 2.05) is 6.07 Å². The van der Waals surface area contributed by atoms with Gasteiger partial charge in [-0.3, -0.25) is 0 Å². The summed E-state index contributed by atoms with van der Waals surface area (Å²) in [6.07, 6.45) is 0.746. The van der Waals surface area contributed by atoms with Crippen molar-refractivity contribution in [1.29, 1.82) is 0 Å². The lowest BCUT2D eigenvalue weighted by Crippen LogP contribution is -2.43. The van der Waals surface area contributed by atoms with E-state index in [9.17, 15) is 5.11 Å². The first-order chi connectivity index (χ1) is 9.47. The Hall–Kier alpha value is -0.770. The van der Waals surface area contributed by atoms with Crippen molar-refractivity contribution >= 4 is 17.3 Å². The standard InChI is InChI=1S/C16H25ClN2O/c1-11(2)18-9-13-4-5-15(14(17)8-13)19-7-6-12(3)16(20)10-19/h4-5,8,11-12,16,18,20H,6-7,9-10H2,1-3H3. The van der Waals surface area contributed by atoms with Crippen LogP contribution in [0.4, 0.5) is 5.69 Å². The zero-order chi connectivity index (χ0) is 14.7. The summed E-state index contributed by atoms with van der Waals surface area (Å²) in [7, 11) is 0. The van der Waals surface area contributed by atoms with Crippen LogP contribution in [0.1, 0.15) is 32.8 Å². The van der Waals surface area contributed by atoms with Crippen LogP contribution in [-0.2, 0) is 6.54 Å². The van der Waals surface area contributed by atoms with Gasteiger partial charge in [-0.1, -0.05) is 38.4 Å². The second kappa shape index (κ2) is 6.79. The van der Waals surface area contributed by atoms with Crippen molar-refractivity contribution in [3.8, 4) is 0 Å². The molecule has 2 atom stereocenters. The summed E-state index contributed by atoms with van der Waals surface area (Å²) < 4.78 is 0. The molecule has 2 N–H and O–H groups in total. The first-order valence-corrected chi connectivity index (χ1v) is 7.80. The van der Waals surface area contributed by atoms with Crippen LogP contribution >= 0.6 is 11.6 Å². The van der Waals surface area contributed by atoms with Gasteiger partial charge >= 0.3 is 0 Å². The van der Waals surface area contributed by atoms with Crippen LogP contribution in [-0.4, -0.2) is 30.3 Å². The summed E-state index contributed by atoms with van der Waals surface area (Å²) in [4.78, 5) is 2.19. The monoisotopic (exact) mass is 296 g/mol. The van der Waals surface area contributed by atoms with Gasteiger partial charge in [-0.25, -0.2) is 0 Å². The topological polar surface area (TPSA) is 35.5 Å². The van der Waals surface area contributed by atoms with Crippen molar-refractivity contribution in [2.75, 3.05) is 18.0 Å². The second-order valence-electron chi connectivity index (χ2n) is 6.10. The SMILES string of the molecule is CC(C)NCc1ccc(N2CCC(C)C(O)C2)c(Cl)c1. The van der Waals surface area contributed by atoms with E-state index < -0.39 is 0 Å². The van der Waals surface area contributed by atoms with Gasteiger partial charge in [0.1, 0.15) is 0 Å². The third-order valence-corrected chi connectivity index (χ3v) is 4.29. The third kappa shape index (κ3) is 3.87. The highest BCUT2D eigenvalue weighted by atomic mass is 35.5. The Morgan fingerprint density at radius 2 is 2.20 bits per heavy atom. The van der Waals surface area contributed by atoms with E-state index in [4.69, 9.17) is 11.6 Å². The lowest BCUT2D eigenvalue weighted by atomic mass is 9.95. The number of halogens is 1. The van der Waals surface area contributed by atoms with Crippen molar-refractivity contribution in [1.82, 2.24) is 5.32 Å². The van der Waals surface area contributed by atoms with Gasteiger partial charge < -0.3 is 15.3 Å². The molecular weight excluding hydrogens is 272 g/mol. The van der Waals surface area contributed by atoms with Crippen molar-refractivity contribution < 1.29 is 5.11 Å². The molecule has 2 rings (SSSR count). The number of benzene rings is 1. The van der Waals surface area contributed by atoms with Crippen molar-refractivity contribution in [3.05, 3.63) is 28.8 Å². The number of anilines is 1. The third-order valence-electron chi connectivity index (χ3n) is 3.99. The Labute approximate surface area is 126 Å². The molecule has 4 heteroatoms. The molecule has 0 radical (unpaired) electrons. The van der Waals surface area contributed by atoms with E-state index >= 15 is 0 Å². The van der Waals surface area contributed by atoms with Crippen LogP contribution in [0.25, 0.3) is 0 Å². The normalized spacial score (nSPS) is 23.4. The summed E-state index contributed by atoms with van der Waals surface area (Å²) in [5.74, 6) is 0.375. The van der Waals surface area contributed by atoms with Gasteiger partial charge in [0.2, 0.25) is 0 Å². The summed E-state index contributed by atoms with van der Waals surface area (Å²) in [5.41, 5.74) is 2.23. The number of nitrogens with one attached hydrogen (secondary N) is 1. The maximum absolute atomic E-state index is 10.0. The highest BCUT2D eigenvalue weighted by Crippen LogP contribution is 2.30. The highest BCUT2D eigenvalue weighted by molar-refractivity contribution is 6.33. The van der Waals surface area contributed by atoms with Crippen LogP contribution in [0.5, 0.6) is 0 Å². The lowest BCUT2D eigenvalue weighted by molar-refractivity contribution is 0.103. The van der Waals surface area contributed by atoms with E-state index in [1.54, 1.807) is 0 Å². The maximum atomic E-state index is 10.0. The Balaban J connectivity index is 2.06. The molecule has 0 amide bonds. The van der Waals surface area contributed by atoms with Gasteiger partial charge in [-0.05, 0) is 30.0 Å². The maximum Gasteiger partial charge on any atom is 0.0741 e. The summed E-state index contributed by atoms with van der Waals surface area (Å²) in [6.45, 7) is 8.83. The fourth-order valence-electron chi connectivity index (χ4n) is 2.51. The van der Waals surface area contributed by atoms with E-state index in [0.29, 0.717) is 18.5 Å². The van der Waals surface area contributed by atoms with Crippen LogP contribution < -0.4 is 10.2 Å². The van der Waals surface area contributed by atoms with E-state index in [-0.39, 0.29) is 6.10 Å². The zero-order valence-corrected chi connectivity index (χ0v) is 13.3. The Kier molecular flexibility index (Phi) is 5.30. The molecule has 1 fully saturated rings. The van der Waals surface area contributed by atoms with E-state index in [1.165, 1.54) is 5.56 Å². The molecule has 0 bridgehead atoms. The molecule has 1 aromatic carbocycles. The average Bonchev–Trinajstić information content (AvgIpc) is 2.40.